The Morgan fingerprint density at radius 1 is 1.19 bits per heavy atom. The summed E-state index contributed by atoms with van der Waals surface area (Å²) in [5.41, 5.74) is 1.56. The molecule has 0 radical (unpaired) electrons. The van der Waals surface area contributed by atoms with Crippen molar-refractivity contribution in [1.29, 1.82) is 0 Å². The van der Waals surface area contributed by atoms with Gasteiger partial charge in [-0.1, -0.05) is 30.7 Å². The SMILES string of the molecule is CCCOc1ccccc1NC(=O)CCc1ncc(-c2ccc(Cl)cc2)o1. The monoisotopic (exact) mass is 384 g/mol. The zero-order valence-corrected chi connectivity index (χ0v) is 15.8. The van der Waals surface area contributed by atoms with Gasteiger partial charge in [-0.15, -0.1) is 0 Å². The maximum absolute atomic E-state index is 12.3. The molecule has 0 saturated heterocycles. The molecule has 0 unspecified atom stereocenters. The lowest BCUT2D eigenvalue weighted by molar-refractivity contribution is -0.116. The number of aromatic nitrogens is 1. The van der Waals surface area contributed by atoms with Crippen LogP contribution in [0.3, 0.4) is 0 Å². The fourth-order valence-corrected chi connectivity index (χ4v) is 2.64. The lowest BCUT2D eigenvalue weighted by Crippen LogP contribution is -2.13. The summed E-state index contributed by atoms with van der Waals surface area (Å²) < 4.78 is 11.4. The first-order chi connectivity index (χ1) is 13.2. The predicted molar refractivity (Wildman–Crippen MR) is 106 cm³/mol. The topological polar surface area (TPSA) is 64.4 Å². The highest BCUT2D eigenvalue weighted by Gasteiger charge is 2.11. The zero-order chi connectivity index (χ0) is 19.1. The molecule has 3 aromatic rings. The van der Waals surface area contributed by atoms with Crippen molar-refractivity contribution in [2.75, 3.05) is 11.9 Å². The van der Waals surface area contributed by atoms with Crippen molar-refractivity contribution in [3.63, 3.8) is 0 Å². The van der Waals surface area contributed by atoms with Crippen LogP contribution in [0.4, 0.5) is 5.69 Å². The van der Waals surface area contributed by atoms with Crippen LogP contribution in [0, 0.1) is 0 Å². The molecule has 0 aliphatic rings. The number of para-hydroxylation sites is 2. The van der Waals surface area contributed by atoms with Gasteiger partial charge < -0.3 is 14.5 Å². The Hall–Kier alpha value is -2.79. The summed E-state index contributed by atoms with van der Waals surface area (Å²) in [6, 6.07) is 14.7. The molecule has 0 aliphatic heterocycles. The number of benzene rings is 2. The molecule has 1 aromatic heterocycles. The minimum atomic E-state index is -0.117. The molecule has 5 nitrogen and oxygen atoms in total. The quantitative estimate of drug-likeness (QED) is 0.568. The standard InChI is InChI=1S/C21H21ClN2O3/c1-2-13-26-18-6-4-3-5-17(18)24-20(25)11-12-21-23-14-19(27-21)15-7-9-16(22)10-8-15/h3-10,14H,2,11-13H2,1H3,(H,24,25). The molecule has 0 saturated carbocycles. The number of anilines is 1. The van der Waals surface area contributed by atoms with Crippen molar-refractivity contribution < 1.29 is 13.9 Å². The second kappa shape index (κ2) is 9.24. The Labute approximate surface area is 163 Å². The van der Waals surface area contributed by atoms with Gasteiger partial charge in [0.05, 0.1) is 18.5 Å². The van der Waals surface area contributed by atoms with Gasteiger partial charge >= 0.3 is 0 Å². The number of amides is 1. The van der Waals surface area contributed by atoms with Crippen LogP contribution >= 0.6 is 11.6 Å². The van der Waals surface area contributed by atoms with E-state index in [0.717, 1.165) is 12.0 Å². The first-order valence-electron chi connectivity index (χ1n) is 8.88. The minimum Gasteiger partial charge on any atom is -0.491 e. The zero-order valence-electron chi connectivity index (χ0n) is 15.1. The number of nitrogens with one attached hydrogen (secondary N) is 1. The Bertz CT molecular complexity index is 890. The molecular weight excluding hydrogens is 364 g/mol. The molecule has 27 heavy (non-hydrogen) atoms. The summed E-state index contributed by atoms with van der Waals surface area (Å²) in [4.78, 5) is 16.5. The molecule has 0 aliphatic carbocycles. The fraction of sp³-hybridized carbons (Fsp3) is 0.238. The number of aryl methyl sites for hydroxylation is 1. The second-order valence-corrected chi connectivity index (χ2v) is 6.45. The van der Waals surface area contributed by atoms with Crippen molar-refractivity contribution in [2.24, 2.45) is 0 Å². The highest BCUT2D eigenvalue weighted by Crippen LogP contribution is 2.25. The van der Waals surface area contributed by atoms with Crippen LogP contribution in [-0.2, 0) is 11.2 Å². The number of rotatable bonds is 8. The van der Waals surface area contributed by atoms with Crippen molar-refractivity contribution in [1.82, 2.24) is 4.98 Å². The lowest BCUT2D eigenvalue weighted by atomic mass is 10.2. The van der Waals surface area contributed by atoms with Crippen LogP contribution in [0.25, 0.3) is 11.3 Å². The van der Waals surface area contributed by atoms with Crippen LogP contribution in [0.2, 0.25) is 5.02 Å². The minimum absolute atomic E-state index is 0.117. The maximum atomic E-state index is 12.3. The van der Waals surface area contributed by atoms with Gasteiger partial charge in [0.1, 0.15) is 5.75 Å². The normalized spacial score (nSPS) is 10.6. The number of ether oxygens (including phenoxy) is 1. The third-order valence-electron chi connectivity index (χ3n) is 3.87. The van der Waals surface area contributed by atoms with E-state index in [1.807, 2.05) is 43.3 Å². The van der Waals surface area contributed by atoms with E-state index in [9.17, 15) is 4.79 Å². The molecule has 140 valence electrons. The molecule has 0 fully saturated rings. The van der Waals surface area contributed by atoms with Crippen LogP contribution in [0.15, 0.2) is 59.1 Å². The van der Waals surface area contributed by atoms with Gasteiger partial charge in [-0.25, -0.2) is 4.98 Å². The molecule has 1 N–H and O–H groups in total. The van der Waals surface area contributed by atoms with Crippen LogP contribution < -0.4 is 10.1 Å². The van der Waals surface area contributed by atoms with Crippen molar-refractivity contribution in [2.45, 2.75) is 26.2 Å². The van der Waals surface area contributed by atoms with Crippen LogP contribution in [0.5, 0.6) is 5.75 Å². The summed E-state index contributed by atoms with van der Waals surface area (Å²) in [5.74, 6) is 1.73. The number of hydrogen-bond acceptors (Lipinski definition) is 4. The molecule has 3 rings (SSSR count). The Morgan fingerprint density at radius 3 is 2.74 bits per heavy atom. The smallest absolute Gasteiger partial charge is 0.224 e. The van der Waals surface area contributed by atoms with Crippen LogP contribution in [-0.4, -0.2) is 17.5 Å². The number of carbonyl (C=O) groups is 1. The van der Waals surface area contributed by atoms with Gasteiger partial charge in [0.25, 0.3) is 0 Å². The summed E-state index contributed by atoms with van der Waals surface area (Å²) in [7, 11) is 0. The highest BCUT2D eigenvalue weighted by atomic mass is 35.5. The van der Waals surface area contributed by atoms with E-state index in [-0.39, 0.29) is 12.3 Å². The maximum Gasteiger partial charge on any atom is 0.224 e. The van der Waals surface area contributed by atoms with E-state index in [1.54, 1.807) is 18.3 Å². The Kier molecular flexibility index (Phi) is 6.49. The van der Waals surface area contributed by atoms with E-state index in [4.69, 9.17) is 20.8 Å². The number of hydrogen-bond donors (Lipinski definition) is 1. The lowest BCUT2D eigenvalue weighted by Gasteiger charge is -2.11. The molecule has 2 aromatic carbocycles. The first kappa shape index (κ1) is 19.0. The van der Waals surface area contributed by atoms with Gasteiger partial charge in [0.2, 0.25) is 5.91 Å². The summed E-state index contributed by atoms with van der Waals surface area (Å²) in [6.45, 7) is 2.65. The van der Waals surface area contributed by atoms with Gasteiger partial charge in [0, 0.05) is 23.4 Å². The summed E-state index contributed by atoms with van der Waals surface area (Å²) >= 11 is 5.89. The molecule has 6 heteroatoms. The van der Waals surface area contributed by atoms with Crippen molar-refractivity contribution in [3.05, 3.63) is 65.6 Å². The average Bonchev–Trinajstić information content (AvgIpc) is 3.15. The van der Waals surface area contributed by atoms with E-state index in [0.29, 0.717) is 41.1 Å². The van der Waals surface area contributed by atoms with Gasteiger partial charge in [-0.05, 0) is 42.8 Å². The Morgan fingerprint density at radius 2 is 1.96 bits per heavy atom. The number of halogens is 1. The number of carbonyl (C=O) groups excluding carboxylic acids is 1. The average molecular weight is 385 g/mol. The van der Waals surface area contributed by atoms with Crippen LogP contribution in [0.1, 0.15) is 25.7 Å². The van der Waals surface area contributed by atoms with E-state index >= 15 is 0 Å². The largest absolute Gasteiger partial charge is 0.491 e. The Balaban J connectivity index is 1.56. The fourth-order valence-electron chi connectivity index (χ4n) is 2.51. The second-order valence-electron chi connectivity index (χ2n) is 6.02. The summed E-state index contributed by atoms with van der Waals surface area (Å²) in [6.07, 6.45) is 3.24. The molecular formula is C21H21ClN2O3. The molecule has 0 atom stereocenters. The van der Waals surface area contributed by atoms with E-state index < -0.39 is 0 Å². The van der Waals surface area contributed by atoms with Gasteiger partial charge in [-0.2, -0.15) is 0 Å². The number of nitrogens with zero attached hydrogens (tertiary/aromatic N) is 1. The predicted octanol–water partition coefficient (Wildman–Crippen LogP) is 5.36. The third kappa shape index (κ3) is 5.34. The third-order valence-corrected chi connectivity index (χ3v) is 4.12. The molecule has 1 heterocycles. The van der Waals surface area contributed by atoms with Gasteiger partial charge in [-0.3, -0.25) is 4.79 Å². The highest BCUT2D eigenvalue weighted by molar-refractivity contribution is 6.30. The molecule has 1 amide bonds. The van der Waals surface area contributed by atoms with Crippen molar-refractivity contribution >= 4 is 23.2 Å². The van der Waals surface area contributed by atoms with E-state index in [1.165, 1.54) is 0 Å². The molecule has 0 spiro atoms. The van der Waals surface area contributed by atoms with Gasteiger partial charge in [0.15, 0.2) is 11.7 Å². The molecule has 0 bridgehead atoms. The van der Waals surface area contributed by atoms with E-state index in [2.05, 4.69) is 10.3 Å². The van der Waals surface area contributed by atoms with Crippen molar-refractivity contribution in [3.8, 4) is 17.1 Å². The summed E-state index contributed by atoms with van der Waals surface area (Å²) in [5, 5.41) is 3.55. The first-order valence-corrected chi connectivity index (χ1v) is 9.26. The number of oxazole rings is 1.